The van der Waals surface area contributed by atoms with Crippen LogP contribution >= 0.6 is 11.8 Å². The lowest BCUT2D eigenvalue weighted by Gasteiger charge is -2.19. The van der Waals surface area contributed by atoms with Crippen LogP contribution in [0.2, 0.25) is 0 Å². The largest absolute Gasteiger partial charge is 0.480 e. The van der Waals surface area contributed by atoms with Gasteiger partial charge in [0.05, 0.1) is 5.69 Å². The molecule has 0 bridgehead atoms. The number of carbonyl (C=O) groups excluding carboxylic acids is 2. The van der Waals surface area contributed by atoms with Crippen molar-refractivity contribution in [3.63, 3.8) is 0 Å². The molecule has 0 aromatic carbocycles. The van der Waals surface area contributed by atoms with Gasteiger partial charge >= 0.3 is 5.97 Å². The van der Waals surface area contributed by atoms with Crippen LogP contribution in [0.5, 0.6) is 0 Å². The summed E-state index contributed by atoms with van der Waals surface area (Å²) in [6.45, 7) is 5.46. The molecule has 0 aliphatic heterocycles. The molecule has 0 saturated carbocycles. The summed E-state index contributed by atoms with van der Waals surface area (Å²) in [6, 6.07) is 2.33. The number of amides is 2. The number of aromatic nitrogens is 1. The van der Waals surface area contributed by atoms with Crippen molar-refractivity contribution >= 4 is 29.5 Å². The molecule has 0 unspecified atom stereocenters. The number of aliphatic carboxylic acids is 1. The van der Waals surface area contributed by atoms with Crippen LogP contribution in [0.1, 0.15) is 37.0 Å². The van der Waals surface area contributed by atoms with Gasteiger partial charge in [-0.1, -0.05) is 19.9 Å². The van der Waals surface area contributed by atoms with Gasteiger partial charge in [0.25, 0.3) is 11.8 Å². The van der Waals surface area contributed by atoms with Crippen molar-refractivity contribution in [2.75, 3.05) is 13.3 Å². The van der Waals surface area contributed by atoms with Crippen LogP contribution in [0.3, 0.4) is 0 Å². The van der Waals surface area contributed by atoms with Gasteiger partial charge in [-0.3, -0.25) is 9.59 Å². The average molecular weight is 394 g/mol. The molecule has 0 saturated heterocycles. The molecule has 9 heteroatoms. The highest BCUT2D eigenvalue weighted by Crippen LogP contribution is 2.19. The minimum Gasteiger partial charge on any atom is -0.480 e. The molecule has 0 aliphatic carbocycles. The van der Waals surface area contributed by atoms with Crippen molar-refractivity contribution in [1.82, 2.24) is 20.9 Å². The van der Waals surface area contributed by atoms with Crippen LogP contribution in [-0.2, 0) is 16.1 Å². The first-order valence-corrected chi connectivity index (χ1v) is 9.67. The van der Waals surface area contributed by atoms with Crippen LogP contribution in [-0.4, -0.2) is 47.2 Å². The van der Waals surface area contributed by atoms with Gasteiger partial charge in [0.15, 0.2) is 0 Å². The van der Waals surface area contributed by atoms with Crippen molar-refractivity contribution in [3.05, 3.63) is 35.3 Å². The molecule has 0 aliphatic rings. The highest BCUT2D eigenvalue weighted by molar-refractivity contribution is 7.98. The fourth-order valence-corrected chi connectivity index (χ4v) is 2.83. The number of carboxylic acid groups (broad SMARTS) is 1. The molecule has 2 amide bonds. The first-order valence-electron chi connectivity index (χ1n) is 8.44. The Balaban J connectivity index is 2.94. The van der Waals surface area contributed by atoms with Crippen molar-refractivity contribution in [3.8, 4) is 0 Å². The zero-order valence-electron chi connectivity index (χ0n) is 16.1. The Bertz CT molecular complexity index is 734. The van der Waals surface area contributed by atoms with E-state index < -0.39 is 23.8 Å². The van der Waals surface area contributed by atoms with Gasteiger partial charge < -0.3 is 21.1 Å². The summed E-state index contributed by atoms with van der Waals surface area (Å²) in [5.41, 5.74) is 0.872. The summed E-state index contributed by atoms with van der Waals surface area (Å²) in [7, 11) is 1.79. The molecule has 1 rings (SSSR count). The zero-order chi connectivity index (χ0) is 20.6. The molecule has 1 atom stereocenters. The SMILES string of the molecule is C/C=C(\NC(=O)c1ccc(SC)c(CNC)n1)C(=O)N[C@H](C(=O)O)C(C)C. The highest BCUT2D eigenvalue weighted by Gasteiger charge is 2.25. The summed E-state index contributed by atoms with van der Waals surface area (Å²) in [5, 5.41) is 17.1. The van der Waals surface area contributed by atoms with E-state index in [-0.39, 0.29) is 17.3 Å². The summed E-state index contributed by atoms with van der Waals surface area (Å²) < 4.78 is 0. The maximum atomic E-state index is 12.5. The van der Waals surface area contributed by atoms with Crippen molar-refractivity contribution in [2.45, 2.75) is 38.3 Å². The first kappa shape index (κ1) is 22.7. The van der Waals surface area contributed by atoms with E-state index in [1.165, 1.54) is 17.8 Å². The third kappa shape index (κ3) is 6.37. The van der Waals surface area contributed by atoms with E-state index >= 15 is 0 Å². The van der Waals surface area contributed by atoms with Crippen LogP contribution in [0, 0.1) is 5.92 Å². The van der Waals surface area contributed by atoms with Crippen molar-refractivity contribution in [1.29, 1.82) is 0 Å². The summed E-state index contributed by atoms with van der Waals surface area (Å²) in [5.74, 6) is -2.64. The number of allylic oxidation sites excluding steroid dienone is 1. The summed E-state index contributed by atoms with van der Waals surface area (Å²) >= 11 is 1.53. The number of pyridine rings is 1. The Kier molecular flexibility index (Phi) is 8.96. The molecule has 4 N–H and O–H groups in total. The molecule has 0 fully saturated rings. The number of hydrogen-bond donors (Lipinski definition) is 4. The molecule has 148 valence electrons. The molecule has 0 radical (unpaired) electrons. The van der Waals surface area contributed by atoms with Gasteiger partial charge in [-0.15, -0.1) is 11.8 Å². The zero-order valence-corrected chi connectivity index (χ0v) is 16.9. The van der Waals surface area contributed by atoms with E-state index in [1.54, 1.807) is 40.0 Å². The predicted octanol–water partition coefficient (Wildman–Crippen LogP) is 1.38. The second-order valence-corrected chi connectivity index (χ2v) is 6.91. The first-order chi connectivity index (χ1) is 12.7. The van der Waals surface area contributed by atoms with Gasteiger partial charge in [-0.25, -0.2) is 9.78 Å². The van der Waals surface area contributed by atoms with Gasteiger partial charge in [-0.05, 0) is 38.3 Å². The van der Waals surface area contributed by atoms with E-state index in [0.717, 1.165) is 10.6 Å². The topological polar surface area (TPSA) is 120 Å². The number of hydrogen-bond acceptors (Lipinski definition) is 6. The lowest BCUT2D eigenvalue weighted by atomic mass is 10.0. The van der Waals surface area contributed by atoms with E-state index in [0.29, 0.717) is 6.54 Å². The lowest BCUT2D eigenvalue weighted by Crippen LogP contribution is -2.47. The van der Waals surface area contributed by atoms with E-state index in [9.17, 15) is 19.5 Å². The van der Waals surface area contributed by atoms with Gasteiger partial charge in [0.2, 0.25) is 0 Å². The molecule has 8 nitrogen and oxygen atoms in total. The molecular formula is C18H26N4O4S. The summed E-state index contributed by atoms with van der Waals surface area (Å²) in [6.07, 6.45) is 3.34. The number of thioether (sulfide) groups is 1. The van der Waals surface area contributed by atoms with Crippen LogP contribution in [0.4, 0.5) is 0 Å². The number of carboxylic acids is 1. The Hall–Kier alpha value is -2.39. The quantitative estimate of drug-likeness (QED) is 0.369. The minimum atomic E-state index is -1.13. The minimum absolute atomic E-state index is 0.0298. The maximum Gasteiger partial charge on any atom is 0.326 e. The van der Waals surface area contributed by atoms with Gasteiger partial charge in [-0.2, -0.15) is 0 Å². The molecule has 27 heavy (non-hydrogen) atoms. The fraction of sp³-hybridized carbons (Fsp3) is 0.444. The monoisotopic (exact) mass is 394 g/mol. The van der Waals surface area contributed by atoms with Crippen LogP contribution in [0.15, 0.2) is 28.8 Å². The number of carbonyl (C=O) groups is 3. The van der Waals surface area contributed by atoms with Crippen molar-refractivity contribution < 1.29 is 19.5 Å². The van der Waals surface area contributed by atoms with Crippen LogP contribution in [0.25, 0.3) is 0 Å². The predicted molar refractivity (Wildman–Crippen MR) is 104 cm³/mol. The Morgan fingerprint density at radius 2 is 1.96 bits per heavy atom. The van der Waals surface area contributed by atoms with E-state index in [2.05, 4.69) is 20.9 Å². The van der Waals surface area contributed by atoms with Crippen molar-refractivity contribution in [2.24, 2.45) is 5.92 Å². The third-order valence-electron chi connectivity index (χ3n) is 3.73. The smallest absolute Gasteiger partial charge is 0.326 e. The lowest BCUT2D eigenvalue weighted by molar-refractivity contribution is -0.142. The normalized spacial score (nSPS) is 12.6. The fourth-order valence-electron chi connectivity index (χ4n) is 2.27. The third-order valence-corrected chi connectivity index (χ3v) is 4.54. The number of rotatable bonds is 9. The summed E-state index contributed by atoms with van der Waals surface area (Å²) in [4.78, 5) is 41.4. The second kappa shape index (κ2) is 10.7. The Morgan fingerprint density at radius 1 is 1.30 bits per heavy atom. The van der Waals surface area contributed by atoms with Gasteiger partial charge in [0, 0.05) is 11.4 Å². The molecule has 1 heterocycles. The second-order valence-electron chi connectivity index (χ2n) is 6.07. The average Bonchev–Trinajstić information content (AvgIpc) is 2.63. The molecule has 1 aromatic rings. The number of nitrogens with one attached hydrogen (secondary N) is 3. The van der Waals surface area contributed by atoms with Crippen LogP contribution < -0.4 is 16.0 Å². The van der Waals surface area contributed by atoms with Gasteiger partial charge in [0.1, 0.15) is 17.4 Å². The standard InChI is InChI=1S/C18H26N4O4S/c1-6-11(16(23)22-15(10(2)3)18(25)26)21-17(24)12-7-8-14(27-5)13(20-12)9-19-4/h6-8,10,15,19H,9H2,1-5H3,(H,21,24)(H,22,23)(H,25,26)/b11-6-/t15-/m0/s1. The maximum absolute atomic E-state index is 12.5. The molecular weight excluding hydrogens is 368 g/mol. The molecule has 0 spiro atoms. The van der Waals surface area contributed by atoms with E-state index in [1.807, 2.05) is 6.26 Å². The van der Waals surface area contributed by atoms with E-state index in [4.69, 9.17) is 0 Å². The Morgan fingerprint density at radius 3 is 2.44 bits per heavy atom. The number of nitrogens with zero attached hydrogens (tertiary/aromatic N) is 1. The molecule has 1 aromatic heterocycles. The highest BCUT2D eigenvalue weighted by atomic mass is 32.2. The Labute approximate surface area is 163 Å².